The number of anilines is 2. The van der Waals surface area contributed by atoms with Crippen LogP contribution in [0.3, 0.4) is 0 Å². The number of amides is 1. The summed E-state index contributed by atoms with van der Waals surface area (Å²) < 4.78 is 38.4. The van der Waals surface area contributed by atoms with Crippen molar-refractivity contribution in [3.8, 4) is 0 Å². The minimum Gasteiger partial charge on any atom is -0.352 e. The van der Waals surface area contributed by atoms with Crippen LogP contribution in [0.4, 0.5) is 24.7 Å². The van der Waals surface area contributed by atoms with Crippen molar-refractivity contribution in [1.82, 2.24) is 9.97 Å². The average Bonchev–Trinajstić information content (AvgIpc) is 2.77. The highest BCUT2D eigenvalue weighted by Crippen LogP contribution is 2.31. The molecule has 4 rings (SSSR count). The van der Waals surface area contributed by atoms with Crippen LogP contribution in [0, 0.1) is 0 Å². The van der Waals surface area contributed by atoms with Gasteiger partial charge in [-0.05, 0) is 41.8 Å². The van der Waals surface area contributed by atoms with Crippen molar-refractivity contribution in [2.75, 3.05) is 22.5 Å². The van der Waals surface area contributed by atoms with Gasteiger partial charge in [0.2, 0.25) is 5.91 Å². The zero-order chi connectivity index (χ0) is 21.8. The summed E-state index contributed by atoms with van der Waals surface area (Å²) in [5, 5.41) is 2.93. The number of aromatic nitrogens is 2. The molecule has 0 unspecified atom stereocenters. The van der Waals surface area contributed by atoms with Crippen molar-refractivity contribution in [1.29, 1.82) is 0 Å². The van der Waals surface area contributed by atoms with E-state index in [0.717, 1.165) is 49.2 Å². The van der Waals surface area contributed by atoms with Gasteiger partial charge in [-0.15, -0.1) is 0 Å². The normalized spacial score (nSPS) is 13.6. The lowest BCUT2D eigenvalue weighted by atomic mass is 10.00. The van der Waals surface area contributed by atoms with Gasteiger partial charge in [0.25, 0.3) is 0 Å². The topological polar surface area (TPSA) is 58.1 Å². The van der Waals surface area contributed by atoms with Gasteiger partial charge >= 0.3 is 6.18 Å². The fraction of sp³-hybridized carbons (Fsp3) is 0.227. The van der Waals surface area contributed by atoms with Crippen LogP contribution < -0.4 is 10.2 Å². The Morgan fingerprint density at radius 2 is 1.90 bits per heavy atom. The Bertz CT molecular complexity index is 1090. The lowest BCUT2D eigenvalue weighted by Gasteiger charge is -2.29. The highest BCUT2D eigenvalue weighted by Gasteiger charge is 2.30. The first-order valence-electron chi connectivity index (χ1n) is 9.63. The van der Waals surface area contributed by atoms with Crippen LogP contribution in [0.1, 0.15) is 16.7 Å². The van der Waals surface area contributed by atoms with Crippen molar-refractivity contribution >= 4 is 29.2 Å². The molecule has 0 saturated carbocycles. The Kier molecular flexibility index (Phi) is 6.13. The number of hydrogen-bond acceptors (Lipinski definition) is 5. The van der Waals surface area contributed by atoms with E-state index >= 15 is 0 Å². The van der Waals surface area contributed by atoms with Crippen LogP contribution in [-0.4, -0.2) is 28.2 Å². The smallest absolute Gasteiger partial charge is 0.352 e. The Morgan fingerprint density at radius 1 is 1.10 bits per heavy atom. The maximum Gasteiger partial charge on any atom is 0.416 e. The van der Waals surface area contributed by atoms with E-state index in [9.17, 15) is 18.0 Å². The Hall–Kier alpha value is -3.07. The van der Waals surface area contributed by atoms with E-state index in [0.29, 0.717) is 5.16 Å². The average molecular weight is 444 g/mol. The predicted molar refractivity (Wildman–Crippen MR) is 114 cm³/mol. The van der Waals surface area contributed by atoms with E-state index in [2.05, 4.69) is 32.3 Å². The quantitative estimate of drug-likeness (QED) is 0.453. The molecule has 160 valence electrons. The largest absolute Gasteiger partial charge is 0.416 e. The predicted octanol–water partition coefficient (Wildman–Crippen LogP) is 4.79. The zero-order valence-corrected chi connectivity index (χ0v) is 17.2. The van der Waals surface area contributed by atoms with Crippen molar-refractivity contribution < 1.29 is 18.0 Å². The number of thioether (sulfide) groups is 1. The number of halogens is 3. The molecule has 0 bridgehead atoms. The molecule has 1 N–H and O–H groups in total. The first kappa shape index (κ1) is 21.2. The number of carbonyl (C=O) groups excluding carboxylic acids is 1. The third-order valence-corrected chi connectivity index (χ3v) is 5.74. The second-order valence-electron chi connectivity index (χ2n) is 7.05. The molecule has 5 nitrogen and oxygen atoms in total. The van der Waals surface area contributed by atoms with Gasteiger partial charge in [0, 0.05) is 25.0 Å². The fourth-order valence-corrected chi connectivity index (χ4v) is 4.00. The summed E-state index contributed by atoms with van der Waals surface area (Å²) in [6.45, 7) is 1.60. The second-order valence-corrected chi connectivity index (χ2v) is 8.00. The van der Waals surface area contributed by atoms with Gasteiger partial charge in [-0.1, -0.05) is 42.1 Å². The fourth-order valence-electron chi connectivity index (χ4n) is 3.37. The van der Waals surface area contributed by atoms with Crippen molar-refractivity contribution in [3.05, 3.63) is 77.5 Å². The monoisotopic (exact) mass is 444 g/mol. The lowest BCUT2D eigenvalue weighted by Crippen LogP contribution is -2.31. The molecular formula is C22H19F3N4OS. The summed E-state index contributed by atoms with van der Waals surface area (Å²) in [5.74, 6) is 0.346. The summed E-state index contributed by atoms with van der Waals surface area (Å²) in [6, 6.07) is 14.7. The first-order chi connectivity index (χ1) is 14.9. The van der Waals surface area contributed by atoms with Gasteiger partial charge in [-0.3, -0.25) is 4.79 Å². The van der Waals surface area contributed by atoms with E-state index in [4.69, 9.17) is 0 Å². The van der Waals surface area contributed by atoms with Crippen LogP contribution in [0.15, 0.2) is 66.0 Å². The number of nitrogens with zero attached hydrogens (tertiary/aromatic N) is 3. The van der Waals surface area contributed by atoms with E-state index in [-0.39, 0.29) is 11.4 Å². The summed E-state index contributed by atoms with van der Waals surface area (Å²) in [4.78, 5) is 23.1. The molecular weight excluding hydrogens is 425 g/mol. The van der Waals surface area contributed by atoms with Crippen LogP contribution in [0.2, 0.25) is 0 Å². The molecule has 0 spiro atoms. The number of carbonyl (C=O) groups is 1. The third-order valence-electron chi connectivity index (χ3n) is 4.88. The van der Waals surface area contributed by atoms with Gasteiger partial charge in [0.15, 0.2) is 5.16 Å². The molecule has 0 aliphatic carbocycles. The maximum atomic E-state index is 12.8. The standard InChI is InChI=1S/C22H19F3N4OS/c23-22(24,25)17-6-3-7-18(12-17)27-20(30)14-31-21-26-10-8-19(28-21)29-11-9-15-4-1-2-5-16(15)13-29/h1-8,10,12H,9,11,13-14H2,(H,27,30). The lowest BCUT2D eigenvalue weighted by molar-refractivity contribution is -0.137. The molecule has 1 aliphatic heterocycles. The van der Waals surface area contributed by atoms with Gasteiger partial charge < -0.3 is 10.2 Å². The van der Waals surface area contributed by atoms with Crippen molar-refractivity contribution in [2.45, 2.75) is 24.3 Å². The van der Waals surface area contributed by atoms with Crippen LogP contribution in [-0.2, 0) is 23.9 Å². The highest BCUT2D eigenvalue weighted by molar-refractivity contribution is 7.99. The number of benzene rings is 2. The SMILES string of the molecule is O=C(CSc1nccc(N2CCc3ccccc3C2)n1)Nc1cccc(C(F)(F)F)c1. The van der Waals surface area contributed by atoms with E-state index in [1.807, 2.05) is 18.2 Å². The maximum absolute atomic E-state index is 12.8. The Labute approximate surface area is 181 Å². The molecule has 1 aliphatic rings. The minimum atomic E-state index is -4.46. The molecule has 9 heteroatoms. The molecule has 3 aromatic rings. The first-order valence-corrected chi connectivity index (χ1v) is 10.6. The molecule has 31 heavy (non-hydrogen) atoms. The number of nitrogens with one attached hydrogen (secondary N) is 1. The van der Waals surface area contributed by atoms with Crippen LogP contribution >= 0.6 is 11.8 Å². The van der Waals surface area contributed by atoms with Crippen LogP contribution in [0.25, 0.3) is 0 Å². The molecule has 1 amide bonds. The third kappa shape index (κ3) is 5.35. The summed E-state index contributed by atoms with van der Waals surface area (Å²) in [5.41, 5.74) is 1.90. The highest BCUT2D eigenvalue weighted by atomic mass is 32.2. The van der Waals surface area contributed by atoms with Gasteiger partial charge in [-0.25, -0.2) is 9.97 Å². The van der Waals surface area contributed by atoms with E-state index in [1.54, 1.807) is 6.20 Å². The second kappa shape index (κ2) is 8.97. The summed E-state index contributed by atoms with van der Waals surface area (Å²) in [7, 11) is 0. The number of rotatable bonds is 5. The molecule has 2 heterocycles. The summed E-state index contributed by atoms with van der Waals surface area (Å²) >= 11 is 1.14. The van der Waals surface area contributed by atoms with E-state index in [1.165, 1.54) is 23.3 Å². The number of alkyl halides is 3. The molecule has 0 radical (unpaired) electrons. The molecule has 0 saturated heterocycles. The van der Waals surface area contributed by atoms with Crippen molar-refractivity contribution in [2.24, 2.45) is 0 Å². The molecule has 0 atom stereocenters. The molecule has 1 aromatic heterocycles. The van der Waals surface area contributed by atoms with E-state index < -0.39 is 17.6 Å². The minimum absolute atomic E-state index is 0.0114. The molecule has 0 fully saturated rings. The van der Waals surface area contributed by atoms with Gasteiger partial charge in [0.1, 0.15) is 5.82 Å². The van der Waals surface area contributed by atoms with Gasteiger partial charge in [-0.2, -0.15) is 13.2 Å². The molecule has 2 aromatic carbocycles. The van der Waals surface area contributed by atoms with Gasteiger partial charge in [0.05, 0.1) is 11.3 Å². The zero-order valence-electron chi connectivity index (χ0n) is 16.4. The number of hydrogen-bond donors (Lipinski definition) is 1. The van der Waals surface area contributed by atoms with Crippen molar-refractivity contribution in [3.63, 3.8) is 0 Å². The Morgan fingerprint density at radius 3 is 2.71 bits per heavy atom. The summed E-state index contributed by atoms with van der Waals surface area (Å²) in [6.07, 6.45) is -1.88. The van der Waals surface area contributed by atoms with Crippen LogP contribution in [0.5, 0.6) is 0 Å². The number of fused-ring (bicyclic) bond motifs is 1. The Balaban J connectivity index is 1.36.